The van der Waals surface area contributed by atoms with E-state index >= 15 is 0 Å². The lowest BCUT2D eigenvalue weighted by molar-refractivity contribution is 0.0512. The van der Waals surface area contributed by atoms with E-state index in [1.54, 1.807) is 6.92 Å². The van der Waals surface area contributed by atoms with Crippen LogP contribution in [0.2, 0.25) is 0 Å². The van der Waals surface area contributed by atoms with E-state index < -0.39 is 5.97 Å². The fourth-order valence-electron chi connectivity index (χ4n) is 1.20. The summed E-state index contributed by atoms with van der Waals surface area (Å²) >= 11 is 0. The minimum atomic E-state index is -0.606. The lowest BCUT2D eigenvalue weighted by atomic mass is 10.3. The van der Waals surface area contributed by atoms with Crippen molar-refractivity contribution < 1.29 is 14.7 Å². The van der Waals surface area contributed by atoms with E-state index in [2.05, 4.69) is 15.1 Å². The molecule has 0 aliphatic rings. The molecule has 0 atom stereocenters. The van der Waals surface area contributed by atoms with Gasteiger partial charge >= 0.3 is 5.97 Å². The summed E-state index contributed by atoms with van der Waals surface area (Å²) in [5.74, 6) is -0.606. The maximum Gasteiger partial charge on any atom is 0.359 e. The molecule has 15 heavy (non-hydrogen) atoms. The van der Waals surface area contributed by atoms with Gasteiger partial charge in [0.25, 0.3) is 0 Å². The molecule has 2 rings (SSSR count). The van der Waals surface area contributed by atoms with Crippen LogP contribution in [0.5, 0.6) is 0 Å². The number of rotatable bonds is 2. The Bertz CT molecular complexity index is 508. The second-order valence-corrected chi connectivity index (χ2v) is 2.72. The van der Waals surface area contributed by atoms with Crippen LogP contribution in [-0.2, 0) is 4.74 Å². The van der Waals surface area contributed by atoms with E-state index in [0.29, 0.717) is 10.2 Å². The Kier molecular flexibility index (Phi) is 2.20. The number of hydrogen-bond donors (Lipinski definition) is 1. The van der Waals surface area contributed by atoms with Crippen LogP contribution >= 0.6 is 0 Å². The van der Waals surface area contributed by atoms with Crippen LogP contribution in [0.3, 0.4) is 0 Å². The molecule has 78 valence electrons. The number of hydrogen-bond acceptors (Lipinski definition) is 6. The SMILES string of the molecule is CCOC(=O)c1nn(O)c2ncncc12. The van der Waals surface area contributed by atoms with Crippen molar-refractivity contribution in [1.82, 2.24) is 19.9 Å². The van der Waals surface area contributed by atoms with Crippen LogP contribution in [0.15, 0.2) is 12.5 Å². The molecule has 0 spiro atoms. The molecule has 0 saturated heterocycles. The normalized spacial score (nSPS) is 10.5. The van der Waals surface area contributed by atoms with Crippen molar-refractivity contribution in [3.05, 3.63) is 18.2 Å². The molecule has 0 unspecified atom stereocenters. The zero-order valence-corrected chi connectivity index (χ0v) is 7.91. The molecule has 0 saturated carbocycles. The quantitative estimate of drug-likeness (QED) is 0.561. The Labute approximate surface area is 84.3 Å². The van der Waals surface area contributed by atoms with E-state index in [-0.39, 0.29) is 17.9 Å². The van der Waals surface area contributed by atoms with Crippen molar-refractivity contribution >= 4 is 17.0 Å². The van der Waals surface area contributed by atoms with Crippen LogP contribution in [-0.4, -0.2) is 37.7 Å². The Morgan fingerprint density at radius 1 is 1.67 bits per heavy atom. The van der Waals surface area contributed by atoms with Gasteiger partial charge in [-0.3, -0.25) is 0 Å². The van der Waals surface area contributed by atoms with E-state index in [1.807, 2.05) is 0 Å². The number of aromatic nitrogens is 4. The second kappa shape index (κ2) is 3.52. The zero-order chi connectivity index (χ0) is 10.8. The number of ether oxygens (including phenoxy) is 1. The first kappa shape index (κ1) is 9.38. The molecule has 0 aliphatic carbocycles. The molecule has 0 radical (unpaired) electrons. The molecular formula is C8H8N4O3. The summed E-state index contributed by atoms with van der Waals surface area (Å²) < 4.78 is 4.77. The maximum absolute atomic E-state index is 11.4. The summed E-state index contributed by atoms with van der Waals surface area (Å²) in [7, 11) is 0. The summed E-state index contributed by atoms with van der Waals surface area (Å²) in [4.78, 5) is 19.5. The van der Waals surface area contributed by atoms with Crippen molar-refractivity contribution in [2.75, 3.05) is 6.61 Å². The average Bonchev–Trinajstić information content (AvgIpc) is 2.58. The highest BCUT2D eigenvalue weighted by atomic mass is 16.5. The number of carbonyl (C=O) groups is 1. The third-order valence-electron chi connectivity index (χ3n) is 1.80. The van der Waals surface area contributed by atoms with Crippen LogP contribution in [0.1, 0.15) is 17.4 Å². The molecule has 2 aromatic rings. The smallest absolute Gasteiger partial charge is 0.359 e. The molecule has 7 nitrogen and oxygen atoms in total. The maximum atomic E-state index is 11.4. The lowest BCUT2D eigenvalue weighted by Crippen LogP contribution is -2.06. The molecule has 2 aromatic heterocycles. The first-order chi connectivity index (χ1) is 7.24. The molecule has 0 aromatic carbocycles. The Morgan fingerprint density at radius 2 is 2.47 bits per heavy atom. The first-order valence-electron chi connectivity index (χ1n) is 4.29. The van der Waals surface area contributed by atoms with Crippen LogP contribution in [0.25, 0.3) is 11.0 Å². The molecule has 0 bridgehead atoms. The highest BCUT2D eigenvalue weighted by Gasteiger charge is 2.18. The summed E-state index contributed by atoms with van der Waals surface area (Å²) in [6.07, 6.45) is 2.65. The fourth-order valence-corrected chi connectivity index (χ4v) is 1.20. The van der Waals surface area contributed by atoms with Crippen molar-refractivity contribution in [2.45, 2.75) is 6.92 Å². The molecule has 2 heterocycles. The molecule has 7 heteroatoms. The van der Waals surface area contributed by atoms with E-state index in [4.69, 9.17) is 4.74 Å². The molecule has 1 N–H and O–H groups in total. The summed E-state index contributed by atoms with van der Waals surface area (Å²) in [6.45, 7) is 1.93. The number of fused-ring (bicyclic) bond motifs is 1. The minimum Gasteiger partial charge on any atom is -0.461 e. The van der Waals surface area contributed by atoms with Gasteiger partial charge in [-0.1, -0.05) is 4.85 Å². The van der Waals surface area contributed by atoms with Crippen LogP contribution in [0, 0.1) is 0 Å². The Balaban J connectivity index is 2.57. The van der Waals surface area contributed by atoms with Gasteiger partial charge in [0, 0.05) is 6.20 Å². The summed E-state index contributed by atoms with van der Waals surface area (Å²) in [6, 6.07) is 0. The van der Waals surface area contributed by atoms with Gasteiger partial charge in [0.05, 0.1) is 12.0 Å². The van der Waals surface area contributed by atoms with Crippen molar-refractivity contribution in [3.63, 3.8) is 0 Å². The molecule has 0 fully saturated rings. The fraction of sp³-hybridized carbons (Fsp3) is 0.250. The highest BCUT2D eigenvalue weighted by Crippen LogP contribution is 2.14. The molecule has 0 aliphatic heterocycles. The largest absolute Gasteiger partial charge is 0.461 e. The average molecular weight is 208 g/mol. The van der Waals surface area contributed by atoms with Gasteiger partial charge in [-0.2, -0.15) is 0 Å². The monoisotopic (exact) mass is 208 g/mol. The third-order valence-corrected chi connectivity index (χ3v) is 1.80. The van der Waals surface area contributed by atoms with Gasteiger partial charge < -0.3 is 9.94 Å². The highest BCUT2D eigenvalue weighted by molar-refractivity contribution is 6.00. The van der Waals surface area contributed by atoms with Gasteiger partial charge in [-0.25, -0.2) is 14.8 Å². The summed E-state index contributed by atoms with van der Waals surface area (Å²) in [5.41, 5.74) is 0.183. The van der Waals surface area contributed by atoms with E-state index in [9.17, 15) is 10.0 Å². The predicted octanol–water partition coefficient (Wildman–Crippen LogP) is 0.240. The molecule has 0 amide bonds. The van der Waals surface area contributed by atoms with Gasteiger partial charge in [-0.15, -0.1) is 5.10 Å². The Hall–Kier alpha value is -2.18. The molecular weight excluding hydrogens is 200 g/mol. The summed E-state index contributed by atoms with van der Waals surface area (Å²) in [5, 5.41) is 13.3. The first-order valence-corrected chi connectivity index (χ1v) is 4.29. The Morgan fingerprint density at radius 3 is 3.20 bits per heavy atom. The third kappa shape index (κ3) is 1.47. The number of nitrogens with zero attached hydrogens (tertiary/aromatic N) is 4. The number of esters is 1. The number of carbonyl (C=O) groups excluding carboxylic acids is 1. The topological polar surface area (TPSA) is 90.1 Å². The van der Waals surface area contributed by atoms with Crippen molar-refractivity contribution in [3.8, 4) is 0 Å². The van der Waals surface area contributed by atoms with Crippen LogP contribution in [0.4, 0.5) is 0 Å². The van der Waals surface area contributed by atoms with Gasteiger partial charge in [-0.05, 0) is 6.92 Å². The van der Waals surface area contributed by atoms with Crippen molar-refractivity contribution in [2.24, 2.45) is 0 Å². The predicted molar refractivity (Wildman–Crippen MR) is 48.5 cm³/mol. The zero-order valence-electron chi connectivity index (χ0n) is 7.91. The second-order valence-electron chi connectivity index (χ2n) is 2.72. The minimum absolute atomic E-state index is 0.00921. The van der Waals surface area contributed by atoms with Gasteiger partial charge in [0.2, 0.25) is 5.65 Å². The van der Waals surface area contributed by atoms with Gasteiger partial charge in [0.15, 0.2) is 5.69 Å². The van der Waals surface area contributed by atoms with Crippen LogP contribution < -0.4 is 0 Å². The van der Waals surface area contributed by atoms with E-state index in [1.165, 1.54) is 12.5 Å². The van der Waals surface area contributed by atoms with Gasteiger partial charge in [0.1, 0.15) is 6.33 Å². The standard InChI is InChI=1S/C8H8N4O3/c1-2-15-8(13)6-5-3-9-4-10-7(5)12(14)11-6/h3-4,14H,2H2,1H3. The van der Waals surface area contributed by atoms with Crippen molar-refractivity contribution in [1.29, 1.82) is 0 Å². The lowest BCUT2D eigenvalue weighted by Gasteiger charge is -1.96. The van der Waals surface area contributed by atoms with E-state index in [0.717, 1.165) is 0 Å².